The maximum absolute atomic E-state index is 5.30. The monoisotopic (exact) mass is 200 g/mol. The van der Waals surface area contributed by atoms with Crippen LogP contribution in [0.5, 0.6) is 0 Å². The first kappa shape index (κ1) is 10.2. The average Bonchev–Trinajstić information content (AvgIpc) is 2.75. The Labute approximate surface area is 91.3 Å². The topological polar surface area (TPSA) is 16.1 Å². The van der Waals surface area contributed by atoms with Gasteiger partial charge < -0.3 is 0 Å². The largest absolute Gasteiger partial charge is 0.295 e. The van der Waals surface area contributed by atoms with E-state index < -0.39 is 0 Å². The van der Waals surface area contributed by atoms with Gasteiger partial charge in [-0.2, -0.15) is 0 Å². The molecule has 0 aliphatic carbocycles. The van der Waals surface area contributed by atoms with E-state index in [1.165, 1.54) is 24.9 Å². The van der Waals surface area contributed by atoms with Crippen molar-refractivity contribution in [1.82, 2.24) is 9.88 Å². The van der Waals surface area contributed by atoms with Gasteiger partial charge in [-0.05, 0) is 31.0 Å². The Hall–Kier alpha value is -1.33. The second-order valence-electron chi connectivity index (χ2n) is 3.93. The number of hydrogen-bond donors (Lipinski definition) is 0. The minimum atomic E-state index is 0.534. The molecule has 0 aromatic carbocycles. The van der Waals surface area contributed by atoms with Crippen LogP contribution in [0.2, 0.25) is 0 Å². The molecule has 2 heterocycles. The lowest BCUT2D eigenvalue weighted by atomic mass is 10.1. The molecule has 1 saturated heterocycles. The summed E-state index contributed by atoms with van der Waals surface area (Å²) in [5, 5.41) is 0. The van der Waals surface area contributed by atoms with E-state index in [2.05, 4.69) is 21.9 Å². The first-order valence-corrected chi connectivity index (χ1v) is 5.49. The van der Waals surface area contributed by atoms with Crippen LogP contribution in [0.15, 0.2) is 24.5 Å². The van der Waals surface area contributed by atoms with E-state index in [1.807, 2.05) is 18.5 Å². The van der Waals surface area contributed by atoms with Gasteiger partial charge in [0.15, 0.2) is 0 Å². The van der Waals surface area contributed by atoms with Crippen LogP contribution in [-0.2, 0) is 0 Å². The highest BCUT2D eigenvalue weighted by atomic mass is 15.2. The smallest absolute Gasteiger partial charge is 0.0364 e. The maximum atomic E-state index is 5.30. The Bertz CT molecular complexity index is 339. The van der Waals surface area contributed by atoms with E-state index >= 15 is 0 Å². The van der Waals surface area contributed by atoms with Gasteiger partial charge in [-0.15, -0.1) is 12.3 Å². The SMILES string of the molecule is C#CCCN1CCC[C@@H]1c1cccnc1. The summed E-state index contributed by atoms with van der Waals surface area (Å²) in [5.41, 5.74) is 1.33. The van der Waals surface area contributed by atoms with Crippen molar-refractivity contribution < 1.29 is 0 Å². The quantitative estimate of drug-likeness (QED) is 0.696. The molecule has 0 N–H and O–H groups in total. The first-order valence-electron chi connectivity index (χ1n) is 5.49. The highest BCUT2D eigenvalue weighted by Gasteiger charge is 2.24. The number of hydrogen-bond acceptors (Lipinski definition) is 2. The zero-order valence-corrected chi connectivity index (χ0v) is 8.89. The molecule has 15 heavy (non-hydrogen) atoms. The van der Waals surface area contributed by atoms with Crippen LogP contribution >= 0.6 is 0 Å². The molecular formula is C13H16N2. The van der Waals surface area contributed by atoms with Crippen molar-refractivity contribution in [3.63, 3.8) is 0 Å². The third kappa shape index (κ3) is 2.37. The fraction of sp³-hybridized carbons (Fsp3) is 0.462. The summed E-state index contributed by atoms with van der Waals surface area (Å²) in [5.74, 6) is 2.71. The molecule has 0 amide bonds. The minimum absolute atomic E-state index is 0.534. The fourth-order valence-corrected chi connectivity index (χ4v) is 2.25. The summed E-state index contributed by atoms with van der Waals surface area (Å²) < 4.78 is 0. The number of rotatable bonds is 3. The number of nitrogens with zero attached hydrogens (tertiary/aromatic N) is 2. The van der Waals surface area contributed by atoms with Gasteiger partial charge in [0.05, 0.1) is 0 Å². The van der Waals surface area contributed by atoms with Gasteiger partial charge in [-0.1, -0.05) is 6.07 Å². The Morgan fingerprint density at radius 2 is 2.53 bits per heavy atom. The van der Waals surface area contributed by atoms with Crippen molar-refractivity contribution in [3.8, 4) is 12.3 Å². The zero-order valence-electron chi connectivity index (χ0n) is 8.89. The normalized spacial score (nSPS) is 21.4. The van der Waals surface area contributed by atoms with Crippen molar-refractivity contribution in [1.29, 1.82) is 0 Å². The molecule has 2 rings (SSSR count). The Kier molecular flexibility index (Phi) is 3.37. The second kappa shape index (κ2) is 4.95. The van der Waals surface area contributed by atoms with Crippen LogP contribution in [0, 0.1) is 12.3 Å². The molecule has 1 aromatic heterocycles. The number of aromatic nitrogens is 1. The van der Waals surface area contributed by atoms with Gasteiger partial charge in [-0.25, -0.2) is 0 Å². The molecule has 0 bridgehead atoms. The third-order valence-corrected chi connectivity index (χ3v) is 2.98. The Morgan fingerprint density at radius 1 is 1.60 bits per heavy atom. The van der Waals surface area contributed by atoms with Crippen molar-refractivity contribution in [3.05, 3.63) is 30.1 Å². The van der Waals surface area contributed by atoms with Crippen molar-refractivity contribution in [2.45, 2.75) is 25.3 Å². The molecule has 78 valence electrons. The van der Waals surface area contributed by atoms with Gasteiger partial charge in [0.1, 0.15) is 0 Å². The molecule has 0 saturated carbocycles. The number of likely N-dealkylation sites (tertiary alicyclic amines) is 1. The van der Waals surface area contributed by atoms with E-state index in [0.717, 1.165) is 13.0 Å². The zero-order chi connectivity index (χ0) is 10.5. The summed E-state index contributed by atoms with van der Waals surface area (Å²) >= 11 is 0. The second-order valence-corrected chi connectivity index (χ2v) is 3.93. The first-order chi connectivity index (χ1) is 7.42. The lowest BCUT2D eigenvalue weighted by Gasteiger charge is -2.23. The minimum Gasteiger partial charge on any atom is -0.295 e. The highest BCUT2D eigenvalue weighted by Crippen LogP contribution is 2.30. The molecule has 1 aliphatic heterocycles. The van der Waals surface area contributed by atoms with Crippen LogP contribution in [0.1, 0.15) is 30.9 Å². The summed E-state index contributed by atoms with van der Waals surface area (Å²) in [7, 11) is 0. The highest BCUT2D eigenvalue weighted by molar-refractivity contribution is 5.15. The van der Waals surface area contributed by atoms with Gasteiger partial charge in [-0.3, -0.25) is 9.88 Å². The van der Waals surface area contributed by atoms with E-state index in [9.17, 15) is 0 Å². The lowest BCUT2D eigenvalue weighted by molar-refractivity contribution is 0.263. The number of pyridine rings is 1. The Morgan fingerprint density at radius 3 is 3.27 bits per heavy atom. The lowest BCUT2D eigenvalue weighted by Crippen LogP contribution is -2.24. The van der Waals surface area contributed by atoms with Crippen molar-refractivity contribution >= 4 is 0 Å². The number of terminal acetylenes is 1. The van der Waals surface area contributed by atoms with Gasteiger partial charge >= 0.3 is 0 Å². The third-order valence-electron chi connectivity index (χ3n) is 2.98. The summed E-state index contributed by atoms with van der Waals surface area (Å²) in [6.07, 6.45) is 12.4. The predicted molar refractivity (Wildman–Crippen MR) is 61.2 cm³/mol. The van der Waals surface area contributed by atoms with Gasteiger partial charge in [0.25, 0.3) is 0 Å². The van der Waals surface area contributed by atoms with Crippen LogP contribution in [0.3, 0.4) is 0 Å². The molecule has 1 aliphatic rings. The summed E-state index contributed by atoms with van der Waals surface area (Å²) in [6, 6.07) is 4.70. The molecular weight excluding hydrogens is 184 g/mol. The van der Waals surface area contributed by atoms with E-state index in [-0.39, 0.29) is 0 Å². The summed E-state index contributed by atoms with van der Waals surface area (Å²) in [6.45, 7) is 2.18. The summed E-state index contributed by atoms with van der Waals surface area (Å²) in [4.78, 5) is 6.65. The molecule has 1 fully saturated rings. The standard InChI is InChI=1S/C13H16N2/c1-2-3-9-15-10-5-7-13(15)12-6-4-8-14-11-12/h1,4,6,8,11,13H,3,5,7,9-10H2/t13-/m1/s1. The van der Waals surface area contributed by atoms with Crippen LogP contribution in [0.4, 0.5) is 0 Å². The Balaban J connectivity index is 2.05. The molecule has 0 radical (unpaired) electrons. The van der Waals surface area contributed by atoms with Crippen LogP contribution in [-0.4, -0.2) is 23.0 Å². The molecule has 2 nitrogen and oxygen atoms in total. The molecule has 0 spiro atoms. The average molecular weight is 200 g/mol. The molecule has 1 atom stereocenters. The maximum Gasteiger partial charge on any atom is 0.0364 e. The van der Waals surface area contributed by atoms with Crippen molar-refractivity contribution in [2.24, 2.45) is 0 Å². The molecule has 2 heteroatoms. The fourth-order valence-electron chi connectivity index (χ4n) is 2.25. The van der Waals surface area contributed by atoms with Crippen LogP contribution < -0.4 is 0 Å². The molecule has 1 aromatic rings. The van der Waals surface area contributed by atoms with E-state index in [1.54, 1.807) is 0 Å². The van der Waals surface area contributed by atoms with Gasteiger partial charge in [0, 0.05) is 31.4 Å². The van der Waals surface area contributed by atoms with E-state index in [0.29, 0.717) is 6.04 Å². The van der Waals surface area contributed by atoms with E-state index in [4.69, 9.17) is 6.42 Å². The predicted octanol–water partition coefficient (Wildman–Crippen LogP) is 2.24. The molecule has 0 unspecified atom stereocenters. The van der Waals surface area contributed by atoms with Crippen LogP contribution in [0.25, 0.3) is 0 Å². The van der Waals surface area contributed by atoms with Gasteiger partial charge in [0.2, 0.25) is 0 Å². The van der Waals surface area contributed by atoms with Crippen molar-refractivity contribution in [2.75, 3.05) is 13.1 Å².